The first kappa shape index (κ1) is 39.1. The Morgan fingerprint density at radius 3 is 2.09 bits per heavy atom. The molecule has 3 heterocycles. The molecule has 0 radical (unpaired) electrons. The topological polar surface area (TPSA) is 187 Å². The van der Waals surface area contributed by atoms with Gasteiger partial charge >= 0.3 is 10.1 Å². The minimum absolute atomic E-state index is 0.149. The van der Waals surface area contributed by atoms with Gasteiger partial charge in [-0.2, -0.15) is 27.7 Å². The zero-order valence-corrected chi connectivity index (χ0v) is 33.8. The predicted octanol–water partition coefficient (Wildman–Crippen LogP) is 9.91. The van der Waals surface area contributed by atoms with Crippen LogP contribution >= 0.6 is 46.2 Å². The summed E-state index contributed by atoms with van der Waals surface area (Å²) in [6, 6.07) is 21.6. The van der Waals surface area contributed by atoms with Gasteiger partial charge in [-0.25, -0.2) is 0 Å². The summed E-state index contributed by atoms with van der Waals surface area (Å²) in [6.45, 7) is 11.6. The van der Waals surface area contributed by atoms with E-state index in [0.717, 1.165) is 66.0 Å². The molecule has 0 aliphatic rings. The lowest BCUT2D eigenvalue weighted by molar-refractivity contribution is 0.485. The molecule has 0 unspecified atom stereocenters. The Morgan fingerprint density at radius 1 is 0.852 bits per heavy atom. The Morgan fingerprint density at radius 2 is 1.46 bits per heavy atom. The van der Waals surface area contributed by atoms with Crippen molar-refractivity contribution in [1.29, 1.82) is 0 Å². The van der Waals surface area contributed by atoms with Gasteiger partial charge in [0.05, 0.1) is 27.5 Å². The van der Waals surface area contributed by atoms with Gasteiger partial charge in [0.25, 0.3) is 0 Å². The average molecular weight is 824 g/mol. The third-order valence-corrected chi connectivity index (χ3v) is 13.1. The summed E-state index contributed by atoms with van der Waals surface area (Å²) < 4.78 is 37.3. The SMILES string of the molecule is CCN(CC)c1ccc(N)c(Nc2nc(Nc3cc(N(CC)CC)ccc3N=Nc3snc4sc(S(=O)(=O)O)c(Cl)c34)nc(SCc3ccccc3)n2)c1. The van der Waals surface area contributed by atoms with Crippen LogP contribution < -0.4 is 26.2 Å². The molecule has 0 saturated carbocycles. The molecule has 0 bridgehead atoms. The first-order valence-electron chi connectivity index (χ1n) is 17.0. The van der Waals surface area contributed by atoms with Crippen molar-refractivity contribution >= 4 is 118 Å². The van der Waals surface area contributed by atoms with Gasteiger partial charge in [-0.1, -0.05) is 65.0 Å². The third-order valence-electron chi connectivity index (χ3n) is 8.31. The number of nitrogens with zero attached hydrogens (tertiary/aromatic N) is 8. The van der Waals surface area contributed by atoms with Crippen LogP contribution in [0.3, 0.4) is 0 Å². The number of halogens is 1. The Hall–Kier alpha value is -4.59. The predicted molar refractivity (Wildman–Crippen MR) is 223 cm³/mol. The molecule has 0 amide bonds. The molecular weight excluding hydrogens is 786 g/mol. The summed E-state index contributed by atoms with van der Waals surface area (Å²) in [7, 11) is -4.54. The number of aromatic nitrogens is 4. The largest absolute Gasteiger partial charge is 0.397 e. The van der Waals surface area contributed by atoms with Crippen LogP contribution in [0.25, 0.3) is 10.2 Å². The highest BCUT2D eigenvalue weighted by atomic mass is 35.5. The van der Waals surface area contributed by atoms with Crippen molar-refractivity contribution in [3.63, 3.8) is 0 Å². The van der Waals surface area contributed by atoms with Crippen LogP contribution in [0.4, 0.5) is 51.0 Å². The van der Waals surface area contributed by atoms with E-state index in [1.807, 2.05) is 66.7 Å². The fraction of sp³-hybridized carbons (Fsp3) is 0.257. The van der Waals surface area contributed by atoms with Crippen LogP contribution in [0.2, 0.25) is 5.02 Å². The summed E-state index contributed by atoms with van der Waals surface area (Å²) in [4.78, 5) is 19.0. The Kier molecular flexibility index (Phi) is 12.5. The van der Waals surface area contributed by atoms with E-state index in [-0.39, 0.29) is 16.0 Å². The second kappa shape index (κ2) is 17.3. The zero-order chi connectivity index (χ0) is 38.4. The number of nitrogens with two attached hydrogens (primary N) is 1. The normalized spacial score (nSPS) is 11.7. The molecule has 6 aromatic rings. The van der Waals surface area contributed by atoms with Gasteiger partial charge < -0.3 is 26.2 Å². The smallest absolute Gasteiger partial charge is 0.305 e. The minimum atomic E-state index is -4.54. The molecule has 54 heavy (non-hydrogen) atoms. The molecule has 6 rings (SSSR count). The van der Waals surface area contributed by atoms with Crippen molar-refractivity contribution in [2.75, 3.05) is 52.3 Å². The molecule has 0 aliphatic heterocycles. The van der Waals surface area contributed by atoms with Crippen molar-refractivity contribution in [2.24, 2.45) is 10.2 Å². The van der Waals surface area contributed by atoms with Gasteiger partial charge in [0.2, 0.25) is 11.9 Å². The highest BCUT2D eigenvalue weighted by molar-refractivity contribution is 7.98. The van der Waals surface area contributed by atoms with Gasteiger partial charge in [0, 0.05) is 43.3 Å². The van der Waals surface area contributed by atoms with Crippen LogP contribution in [0.15, 0.2) is 86.3 Å². The fourth-order valence-electron chi connectivity index (χ4n) is 5.52. The van der Waals surface area contributed by atoms with Gasteiger partial charge in [-0.05, 0) is 81.2 Å². The van der Waals surface area contributed by atoms with Crippen LogP contribution in [-0.2, 0) is 15.9 Å². The molecule has 5 N–H and O–H groups in total. The number of hydrogen-bond donors (Lipinski definition) is 4. The van der Waals surface area contributed by atoms with E-state index in [4.69, 9.17) is 32.3 Å². The maximum atomic E-state index is 11.9. The number of anilines is 7. The molecule has 0 atom stereocenters. The average Bonchev–Trinajstić information content (AvgIpc) is 3.73. The second-order valence-electron chi connectivity index (χ2n) is 11.7. The van der Waals surface area contributed by atoms with Crippen molar-refractivity contribution in [1.82, 2.24) is 19.3 Å². The molecule has 14 nitrogen and oxygen atoms in total. The monoisotopic (exact) mass is 823 g/mol. The summed E-state index contributed by atoms with van der Waals surface area (Å²) in [5, 5.41) is 16.6. The molecule has 19 heteroatoms. The number of fused-ring (bicyclic) bond motifs is 1. The summed E-state index contributed by atoms with van der Waals surface area (Å²) >= 11 is 9.63. The van der Waals surface area contributed by atoms with Gasteiger partial charge in [0.15, 0.2) is 14.4 Å². The van der Waals surface area contributed by atoms with Crippen LogP contribution in [0.5, 0.6) is 0 Å². The van der Waals surface area contributed by atoms with E-state index in [0.29, 0.717) is 49.8 Å². The standard InChI is InChI=1S/C35H38ClN11O3S4/c1-5-46(6-2)22-14-16-24(37)26(18-22)38-33-40-34(42-35(41-33)51-20-21-12-10-9-11-13-21)39-27-19-23(47(7-3)8-4)15-17-25(27)43-44-30-28-29(36)32(54(48,49)50)52-31(28)45-53-30/h9-19H,5-8,20,37H2,1-4H3,(H,48,49,50)(H2,38,39,40,41,42). The number of nitrogen functional groups attached to an aromatic ring is 1. The van der Waals surface area contributed by atoms with Crippen molar-refractivity contribution in [3.8, 4) is 0 Å². The van der Waals surface area contributed by atoms with Crippen LogP contribution in [0, 0.1) is 0 Å². The van der Waals surface area contributed by atoms with Crippen LogP contribution in [0.1, 0.15) is 33.3 Å². The maximum Gasteiger partial charge on any atom is 0.305 e. The highest BCUT2D eigenvalue weighted by Gasteiger charge is 2.25. The first-order chi connectivity index (χ1) is 26.0. The summed E-state index contributed by atoms with van der Waals surface area (Å²) in [6.07, 6.45) is 0. The van der Waals surface area contributed by atoms with Gasteiger partial charge in [-0.3, -0.25) is 4.55 Å². The Bertz CT molecular complexity index is 2380. The number of benzene rings is 3. The van der Waals surface area contributed by atoms with E-state index >= 15 is 0 Å². The number of hydrogen-bond acceptors (Lipinski definition) is 16. The van der Waals surface area contributed by atoms with Gasteiger partial charge in [-0.15, -0.1) is 10.2 Å². The van der Waals surface area contributed by atoms with Crippen molar-refractivity contribution < 1.29 is 13.0 Å². The summed E-state index contributed by atoms with van der Waals surface area (Å²) in [5.41, 5.74) is 11.7. The zero-order valence-electron chi connectivity index (χ0n) is 29.8. The maximum absolute atomic E-state index is 11.9. The number of rotatable bonds is 16. The lowest BCUT2D eigenvalue weighted by Crippen LogP contribution is -2.21. The number of nitrogens with one attached hydrogen (secondary N) is 2. The molecule has 3 aromatic heterocycles. The highest BCUT2D eigenvalue weighted by Crippen LogP contribution is 2.46. The molecular formula is C35H38ClN11O3S4. The quantitative estimate of drug-likeness (QED) is 0.0313. The number of azo groups is 1. The third kappa shape index (κ3) is 9.02. The van der Waals surface area contributed by atoms with E-state index in [1.54, 1.807) is 0 Å². The van der Waals surface area contributed by atoms with Crippen molar-refractivity contribution in [3.05, 3.63) is 77.3 Å². The lowest BCUT2D eigenvalue weighted by atomic mass is 10.2. The number of thiophene rings is 1. The molecule has 282 valence electrons. The Labute approximate surface area is 330 Å². The summed E-state index contributed by atoms with van der Waals surface area (Å²) in [5.74, 6) is 1.19. The second-order valence-corrected chi connectivity index (χ2v) is 16.3. The number of thioether (sulfide) groups is 1. The van der Waals surface area contributed by atoms with Crippen molar-refractivity contribution in [2.45, 2.75) is 42.8 Å². The van der Waals surface area contributed by atoms with Gasteiger partial charge in [0.1, 0.15) is 10.5 Å². The minimum Gasteiger partial charge on any atom is -0.397 e. The molecule has 0 spiro atoms. The Balaban J connectivity index is 1.40. The van der Waals surface area contributed by atoms with E-state index in [9.17, 15) is 13.0 Å². The first-order valence-corrected chi connectivity index (χ1v) is 21.4. The lowest BCUT2D eigenvalue weighted by Gasteiger charge is -2.22. The van der Waals surface area contributed by atoms with Crippen LogP contribution in [-0.4, -0.2) is 58.5 Å². The van der Waals surface area contributed by atoms with E-state index < -0.39 is 14.3 Å². The molecule has 0 saturated heterocycles. The van der Waals surface area contributed by atoms with E-state index in [1.165, 1.54) is 11.8 Å². The van der Waals surface area contributed by atoms with E-state index in [2.05, 4.69) is 62.7 Å². The molecule has 0 aliphatic carbocycles. The fourth-order valence-corrected chi connectivity index (χ4v) is 9.62. The molecule has 0 fully saturated rings. The molecule has 3 aromatic carbocycles.